The van der Waals surface area contributed by atoms with Crippen molar-refractivity contribution in [3.05, 3.63) is 18.3 Å². The van der Waals surface area contributed by atoms with Crippen molar-refractivity contribution in [2.75, 3.05) is 43.4 Å². The van der Waals surface area contributed by atoms with Gasteiger partial charge in [0.25, 0.3) is 0 Å². The van der Waals surface area contributed by atoms with E-state index in [1.807, 2.05) is 24.0 Å². The number of anilines is 2. The Kier molecular flexibility index (Phi) is 4.43. The van der Waals surface area contributed by atoms with Gasteiger partial charge in [0.05, 0.1) is 11.9 Å². The smallest absolute Gasteiger partial charge is 0.317 e. The van der Waals surface area contributed by atoms with Gasteiger partial charge in [-0.25, -0.2) is 9.78 Å². The number of pyridine rings is 1. The van der Waals surface area contributed by atoms with E-state index in [0.29, 0.717) is 5.69 Å². The zero-order chi connectivity index (χ0) is 13.7. The van der Waals surface area contributed by atoms with E-state index in [2.05, 4.69) is 15.2 Å². The van der Waals surface area contributed by atoms with Gasteiger partial charge in [0.2, 0.25) is 0 Å². The Morgan fingerprint density at radius 3 is 2.68 bits per heavy atom. The number of carbonyl (C=O) groups is 1. The number of aromatic nitrogens is 1. The number of hydrogen-bond acceptors (Lipinski definition) is 4. The van der Waals surface area contributed by atoms with Gasteiger partial charge in [-0.05, 0) is 18.6 Å². The highest BCUT2D eigenvalue weighted by molar-refractivity contribution is 5.74. The van der Waals surface area contributed by atoms with Crippen LogP contribution >= 0.6 is 0 Å². The summed E-state index contributed by atoms with van der Waals surface area (Å²) in [5.74, 6) is 0.919. The summed E-state index contributed by atoms with van der Waals surface area (Å²) in [5.41, 5.74) is 6.29. The highest BCUT2D eigenvalue weighted by Gasteiger charge is 2.21. The van der Waals surface area contributed by atoms with Crippen LogP contribution in [0.3, 0.4) is 0 Å². The molecule has 0 aliphatic carbocycles. The van der Waals surface area contributed by atoms with Crippen LogP contribution in [0.5, 0.6) is 0 Å². The molecule has 6 heteroatoms. The number of nitrogen functional groups attached to an aromatic ring is 1. The molecule has 0 saturated carbocycles. The normalized spacial score (nSPS) is 15.4. The summed E-state index contributed by atoms with van der Waals surface area (Å²) in [4.78, 5) is 20.1. The number of urea groups is 1. The lowest BCUT2D eigenvalue weighted by atomic mass is 10.3. The summed E-state index contributed by atoms with van der Waals surface area (Å²) in [6.07, 6.45) is 2.62. The minimum atomic E-state index is 0.0340. The molecule has 1 aliphatic rings. The molecule has 104 valence electrons. The standard InChI is InChI=1S/C13H21N5O/c1-2-5-15-13(19)18-8-6-17(7-9-18)12-4-3-11(14)10-16-12/h3-4,10H,2,5-9,14H2,1H3,(H,15,19). The SMILES string of the molecule is CCCNC(=O)N1CCN(c2ccc(N)cn2)CC1. The third kappa shape index (κ3) is 3.49. The average molecular weight is 263 g/mol. The fourth-order valence-corrected chi connectivity index (χ4v) is 2.07. The first kappa shape index (κ1) is 13.5. The van der Waals surface area contributed by atoms with Gasteiger partial charge < -0.3 is 20.9 Å². The van der Waals surface area contributed by atoms with Gasteiger partial charge in [-0.1, -0.05) is 6.92 Å². The van der Waals surface area contributed by atoms with Crippen LogP contribution in [0.15, 0.2) is 18.3 Å². The second-order valence-corrected chi connectivity index (χ2v) is 4.66. The van der Waals surface area contributed by atoms with Gasteiger partial charge in [0, 0.05) is 32.7 Å². The molecule has 1 aromatic heterocycles. The number of nitrogens with one attached hydrogen (secondary N) is 1. The number of amides is 2. The van der Waals surface area contributed by atoms with Crippen molar-refractivity contribution >= 4 is 17.5 Å². The van der Waals surface area contributed by atoms with Gasteiger partial charge in [0.1, 0.15) is 5.82 Å². The summed E-state index contributed by atoms with van der Waals surface area (Å²) in [7, 11) is 0. The molecule has 0 radical (unpaired) electrons. The van der Waals surface area contributed by atoms with E-state index in [1.54, 1.807) is 6.20 Å². The fourth-order valence-electron chi connectivity index (χ4n) is 2.07. The monoisotopic (exact) mass is 263 g/mol. The van der Waals surface area contributed by atoms with Crippen molar-refractivity contribution in [1.82, 2.24) is 15.2 Å². The zero-order valence-corrected chi connectivity index (χ0v) is 11.3. The maximum Gasteiger partial charge on any atom is 0.317 e. The van der Waals surface area contributed by atoms with Crippen LogP contribution in [-0.2, 0) is 0 Å². The lowest BCUT2D eigenvalue weighted by Gasteiger charge is -2.35. The topological polar surface area (TPSA) is 74.5 Å². The van der Waals surface area contributed by atoms with E-state index in [1.165, 1.54) is 0 Å². The van der Waals surface area contributed by atoms with E-state index in [-0.39, 0.29) is 6.03 Å². The number of nitrogens with zero attached hydrogens (tertiary/aromatic N) is 3. The van der Waals surface area contributed by atoms with Gasteiger partial charge in [-0.15, -0.1) is 0 Å². The first-order chi connectivity index (χ1) is 9.20. The maximum absolute atomic E-state index is 11.8. The Morgan fingerprint density at radius 2 is 2.11 bits per heavy atom. The van der Waals surface area contributed by atoms with Crippen LogP contribution in [-0.4, -0.2) is 48.6 Å². The molecule has 2 heterocycles. The second kappa shape index (κ2) is 6.26. The predicted molar refractivity (Wildman–Crippen MR) is 76.1 cm³/mol. The van der Waals surface area contributed by atoms with E-state index in [0.717, 1.165) is 45.0 Å². The molecule has 0 unspecified atom stereocenters. The molecule has 0 spiro atoms. The predicted octanol–water partition coefficient (Wildman–Crippen LogP) is 0.905. The van der Waals surface area contributed by atoms with E-state index >= 15 is 0 Å². The van der Waals surface area contributed by atoms with Crippen molar-refractivity contribution in [3.8, 4) is 0 Å². The van der Waals surface area contributed by atoms with Gasteiger partial charge in [-0.2, -0.15) is 0 Å². The maximum atomic E-state index is 11.8. The Balaban J connectivity index is 1.85. The largest absolute Gasteiger partial charge is 0.397 e. The second-order valence-electron chi connectivity index (χ2n) is 4.66. The number of nitrogens with two attached hydrogens (primary N) is 1. The van der Waals surface area contributed by atoms with E-state index < -0.39 is 0 Å². The molecule has 2 rings (SSSR count). The highest BCUT2D eigenvalue weighted by Crippen LogP contribution is 2.14. The summed E-state index contributed by atoms with van der Waals surface area (Å²) in [6.45, 7) is 5.83. The fraction of sp³-hybridized carbons (Fsp3) is 0.538. The molecule has 0 aromatic carbocycles. The molecule has 0 atom stereocenters. The molecule has 19 heavy (non-hydrogen) atoms. The lowest BCUT2D eigenvalue weighted by Crippen LogP contribution is -2.52. The summed E-state index contributed by atoms with van der Waals surface area (Å²) >= 11 is 0. The van der Waals surface area contributed by atoms with Crippen LogP contribution in [0.25, 0.3) is 0 Å². The molecule has 1 aliphatic heterocycles. The first-order valence-electron chi connectivity index (χ1n) is 6.70. The summed E-state index contributed by atoms with van der Waals surface area (Å²) < 4.78 is 0. The minimum Gasteiger partial charge on any atom is -0.397 e. The summed E-state index contributed by atoms with van der Waals surface area (Å²) in [5, 5.41) is 2.90. The van der Waals surface area contributed by atoms with Crippen molar-refractivity contribution in [3.63, 3.8) is 0 Å². The van der Waals surface area contributed by atoms with Crippen LogP contribution in [0.4, 0.5) is 16.3 Å². The van der Waals surface area contributed by atoms with Gasteiger partial charge in [0.15, 0.2) is 0 Å². The molecule has 1 aromatic rings. The Morgan fingerprint density at radius 1 is 1.37 bits per heavy atom. The molecule has 1 fully saturated rings. The molecular weight excluding hydrogens is 242 g/mol. The number of carbonyl (C=O) groups excluding carboxylic acids is 1. The third-order valence-electron chi connectivity index (χ3n) is 3.19. The van der Waals surface area contributed by atoms with Crippen LogP contribution in [0, 0.1) is 0 Å². The number of piperazine rings is 1. The van der Waals surface area contributed by atoms with Crippen molar-refractivity contribution < 1.29 is 4.79 Å². The zero-order valence-electron chi connectivity index (χ0n) is 11.3. The quantitative estimate of drug-likeness (QED) is 0.850. The van der Waals surface area contributed by atoms with Gasteiger partial charge >= 0.3 is 6.03 Å². The molecule has 1 saturated heterocycles. The Hall–Kier alpha value is -1.98. The van der Waals surface area contributed by atoms with Crippen molar-refractivity contribution in [1.29, 1.82) is 0 Å². The number of hydrogen-bond donors (Lipinski definition) is 2. The Bertz CT molecular complexity index is 412. The molecular formula is C13H21N5O. The van der Waals surface area contributed by atoms with Crippen LogP contribution < -0.4 is 16.0 Å². The van der Waals surface area contributed by atoms with E-state index in [9.17, 15) is 4.79 Å². The van der Waals surface area contributed by atoms with Crippen molar-refractivity contribution in [2.24, 2.45) is 0 Å². The summed E-state index contributed by atoms with van der Waals surface area (Å²) in [6, 6.07) is 3.80. The molecule has 3 N–H and O–H groups in total. The third-order valence-corrected chi connectivity index (χ3v) is 3.19. The Labute approximate surface area is 113 Å². The minimum absolute atomic E-state index is 0.0340. The first-order valence-corrected chi connectivity index (χ1v) is 6.70. The van der Waals surface area contributed by atoms with Crippen LogP contribution in [0.2, 0.25) is 0 Å². The lowest BCUT2D eigenvalue weighted by molar-refractivity contribution is 0.194. The molecule has 6 nitrogen and oxygen atoms in total. The molecule has 0 bridgehead atoms. The van der Waals surface area contributed by atoms with E-state index in [4.69, 9.17) is 5.73 Å². The number of rotatable bonds is 3. The average Bonchev–Trinajstić information content (AvgIpc) is 2.46. The molecule has 2 amide bonds. The van der Waals surface area contributed by atoms with Crippen molar-refractivity contribution in [2.45, 2.75) is 13.3 Å². The van der Waals surface area contributed by atoms with Crippen LogP contribution in [0.1, 0.15) is 13.3 Å². The highest BCUT2D eigenvalue weighted by atomic mass is 16.2. The van der Waals surface area contributed by atoms with Gasteiger partial charge in [-0.3, -0.25) is 0 Å².